The summed E-state index contributed by atoms with van der Waals surface area (Å²) >= 11 is 2.65. The topological polar surface area (TPSA) is 106 Å². The zero-order chi connectivity index (χ0) is 23.0. The van der Waals surface area contributed by atoms with Crippen LogP contribution in [0.15, 0.2) is 38.9 Å². The monoisotopic (exact) mass is 497 g/mol. The van der Waals surface area contributed by atoms with Crippen LogP contribution in [0.5, 0.6) is 0 Å². The highest BCUT2D eigenvalue weighted by Gasteiger charge is 2.25. The van der Waals surface area contributed by atoms with Gasteiger partial charge in [-0.2, -0.15) is 4.31 Å². The predicted molar refractivity (Wildman–Crippen MR) is 125 cm³/mol. The maximum absolute atomic E-state index is 12.8. The fourth-order valence-corrected chi connectivity index (χ4v) is 6.42. The lowest BCUT2D eigenvalue weighted by molar-refractivity contribution is -0.142. The molecule has 2 aromatic rings. The Hall–Kier alpha value is -1.95. The van der Waals surface area contributed by atoms with E-state index in [0.29, 0.717) is 35.4 Å². The molecule has 0 radical (unpaired) electrons. The smallest absolute Gasteiger partial charge is 0.311 e. The van der Waals surface area contributed by atoms with Crippen LogP contribution in [-0.2, 0) is 30.8 Å². The Morgan fingerprint density at radius 1 is 1.16 bits per heavy atom. The average Bonchev–Trinajstić information content (AvgIpc) is 3.02. The second kappa shape index (κ2) is 11.8. The number of rotatable bonds is 9. The number of carbonyl (C=O) groups is 2. The SMILES string of the molecule is CCOC(=O)Cc1csc(SCC(=O)Nc2ccc(S(=O)(=O)N3CCCCCC3)cc2)n1. The van der Waals surface area contributed by atoms with E-state index in [1.807, 2.05) is 0 Å². The van der Waals surface area contributed by atoms with E-state index in [0.717, 1.165) is 25.7 Å². The number of nitrogens with one attached hydrogen (secondary N) is 1. The van der Waals surface area contributed by atoms with Crippen LogP contribution in [0.3, 0.4) is 0 Å². The van der Waals surface area contributed by atoms with Gasteiger partial charge in [0.05, 0.1) is 29.4 Å². The third-order valence-corrected chi connectivity index (χ3v) is 8.81. The molecule has 0 unspecified atom stereocenters. The molecule has 3 rings (SSSR count). The van der Waals surface area contributed by atoms with Crippen molar-refractivity contribution in [2.75, 3.05) is 30.8 Å². The molecular formula is C21H27N3O5S3. The quantitative estimate of drug-likeness (QED) is 0.417. The van der Waals surface area contributed by atoms with E-state index in [1.54, 1.807) is 28.7 Å². The number of amides is 1. The van der Waals surface area contributed by atoms with Gasteiger partial charge in [0.1, 0.15) is 0 Å². The maximum atomic E-state index is 12.8. The van der Waals surface area contributed by atoms with Gasteiger partial charge in [0.2, 0.25) is 15.9 Å². The summed E-state index contributed by atoms with van der Waals surface area (Å²) in [6, 6.07) is 6.28. The fourth-order valence-electron chi connectivity index (χ4n) is 3.26. The molecule has 1 fully saturated rings. The molecule has 1 aromatic heterocycles. The highest BCUT2D eigenvalue weighted by Crippen LogP contribution is 2.24. The minimum Gasteiger partial charge on any atom is -0.466 e. The van der Waals surface area contributed by atoms with Crippen molar-refractivity contribution in [3.05, 3.63) is 35.3 Å². The van der Waals surface area contributed by atoms with E-state index in [1.165, 1.54) is 35.2 Å². The van der Waals surface area contributed by atoms with Gasteiger partial charge in [0.15, 0.2) is 4.34 Å². The van der Waals surface area contributed by atoms with Crippen LogP contribution in [0, 0.1) is 0 Å². The van der Waals surface area contributed by atoms with Crippen LogP contribution < -0.4 is 5.32 Å². The summed E-state index contributed by atoms with van der Waals surface area (Å²) < 4.78 is 32.8. The van der Waals surface area contributed by atoms with Gasteiger partial charge < -0.3 is 10.1 Å². The van der Waals surface area contributed by atoms with Gasteiger partial charge in [-0.15, -0.1) is 11.3 Å². The number of benzene rings is 1. The normalized spacial score (nSPS) is 15.2. The lowest BCUT2D eigenvalue weighted by Crippen LogP contribution is -2.31. The molecule has 0 bridgehead atoms. The molecule has 1 aromatic carbocycles. The minimum atomic E-state index is -3.51. The first-order valence-electron chi connectivity index (χ1n) is 10.5. The number of ether oxygens (including phenoxy) is 1. The number of aromatic nitrogens is 1. The summed E-state index contributed by atoms with van der Waals surface area (Å²) in [5, 5.41) is 4.55. The number of esters is 1. The highest BCUT2D eigenvalue weighted by molar-refractivity contribution is 8.01. The van der Waals surface area contributed by atoms with E-state index in [2.05, 4.69) is 10.3 Å². The summed E-state index contributed by atoms with van der Waals surface area (Å²) in [5.74, 6) is -0.395. The number of sulfonamides is 1. The molecule has 174 valence electrons. The fraction of sp³-hybridized carbons (Fsp3) is 0.476. The Morgan fingerprint density at radius 2 is 1.84 bits per heavy atom. The molecular weight excluding hydrogens is 470 g/mol. The minimum absolute atomic E-state index is 0.115. The van der Waals surface area contributed by atoms with Crippen molar-refractivity contribution in [1.29, 1.82) is 0 Å². The first-order valence-corrected chi connectivity index (χ1v) is 13.8. The van der Waals surface area contributed by atoms with E-state index in [9.17, 15) is 18.0 Å². The Labute approximate surface area is 196 Å². The third kappa shape index (κ3) is 7.03. The zero-order valence-corrected chi connectivity index (χ0v) is 20.4. The second-order valence-electron chi connectivity index (χ2n) is 7.27. The third-order valence-electron chi connectivity index (χ3n) is 4.83. The molecule has 1 aliphatic heterocycles. The molecule has 8 nitrogen and oxygen atoms in total. The summed E-state index contributed by atoms with van der Waals surface area (Å²) in [6.45, 7) is 3.18. The standard InChI is InChI=1S/C21H27N3O5S3/c1-2-29-20(26)13-17-14-30-21(23-17)31-15-19(25)22-16-7-9-18(10-8-16)32(27,28)24-11-5-3-4-6-12-24/h7-10,14H,2-6,11-13,15H2,1H3,(H,22,25). The molecule has 1 saturated heterocycles. The van der Waals surface area contributed by atoms with E-state index >= 15 is 0 Å². The van der Waals surface area contributed by atoms with Crippen LogP contribution in [0.25, 0.3) is 0 Å². The van der Waals surface area contributed by atoms with Crippen molar-refractivity contribution >= 4 is 50.7 Å². The maximum Gasteiger partial charge on any atom is 0.311 e. The molecule has 0 aliphatic carbocycles. The number of carbonyl (C=O) groups excluding carboxylic acids is 2. The number of anilines is 1. The van der Waals surface area contributed by atoms with E-state index < -0.39 is 10.0 Å². The Balaban J connectivity index is 1.50. The van der Waals surface area contributed by atoms with Crippen molar-refractivity contribution in [3.8, 4) is 0 Å². The van der Waals surface area contributed by atoms with Gasteiger partial charge in [-0.1, -0.05) is 24.6 Å². The van der Waals surface area contributed by atoms with Gasteiger partial charge in [0.25, 0.3) is 0 Å². The van der Waals surface area contributed by atoms with Crippen molar-refractivity contribution in [2.24, 2.45) is 0 Å². The van der Waals surface area contributed by atoms with Crippen molar-refractivity contribution < 1.29 is 22.7 Å². The first kappa shape index (κ1) is 24.7. The number of thioether (sulfide) groups is 1. The van der Waals surface area contributed by atoms with Crippen molar-refractivity contribution in [1.82, 2.24) is 9.29 Å². The van der Waals surface area contributed by atoms with Gasteiger partial charge >= 0.3 is 5.97 Å². The van der Waals surface area contributed by atoms with Crippen LogP contribution in [0.1, 0.15) is 38.3 Å². The molecule has 1 N–H and O–H groups in total. The van der Waals surface area contributed by atoms with Gasteiger partial charge in [-0.05, 0) is 44.0 Å². The summed E-state index contributed by atoms with van der Waals surface area (Å²) in [5.41, 5.74) is 1.16. The Bertz CT molecular complexity index is 1010. The lowest BCUT2D eigenvalue weighted by Gasteiger charge is -2.20. The average molecular weight is 498 g/mol. The molecule has 1 aliphatic rings. The molecule has 11 heteroatoms. The molecule has 1 amide bonds. The summed E-state index contributed by atoms with van der Waals surface area (Å²) in [6.07, 6.45) is 4.00. The highest BCUT2D eigenvalue weighted by atomic mass is 32.2. The molecule has 2 heterocycles. The van der Waals surface area contributed by atoms with Crippen LogP contribution in [0.4, 0.5) is 5.69 Å². The van der Waals surface area contributed by atoms with Crippen molar-refractivity contribution in [2.45, 2.75) is 48.3 Å². The van der Waals surface area contributed by atoms with Crippen molar-refractivity contribution in [3.63, 3.8) is 0 Å². The first-order chi connectivity index (χ1) is 15.4. The van der Waals surface area contributed by atoms with E-state index in [4.69, 9.17) is 4.74 Å². The lowest BCUT2D eigenvalue weighted by atomic mass is 10.2. The van der Waals surface area contributed by atoms with Gasteiger partial charge in [0, 0.05) is 24.2 Å². The Morgan fingerprint density at radius 3 is 2.50 bits per heavy atom. The Kier molecular flexibility index (Phi) is 9.09. The molecule has 0 atom stereocenters. The summed E-state index contributed by atoms with van der Waals surface area (Å²) in [4.78, 5) is 28.4. The van der Waals surface area contributed by atoms with Gasteiger partial charge in [-0.3, -0.25) is 9.59 Å². The van der Waals surface area contributed by atoms with Gasteiger partial charge in [-0.25, -0.2) is 13.4 Å². The van der Waals surface area contributed by atoms with Crippen LogP contribution in [-0.4, -0.2) is 55.0 Å². The van der Waals surface area contributed by atoms with E-state index in [-0.39, 0.29) is 28.9 Å². The summed E-state index contributed by atoms with van der Waals surface area (Å²) in [7, 11) is -3.51. The van der Waals surface area contributed by atoms with Crippen LogP contribution in [0.2, 0.25) is 0 Å². The van der Waals surface area contributed by atoms with Crippen LogP contribution >= 0.6 is 23.1 Å². The predicted octanol–water partition coefficient (Wildman–Crippen LogP) is 3.54. The number of thiazole rings is 1. The molecule has 0 spiro atoms. The molecule has 32 heavy (non-hydrogen) atoms. The number of hydrogen-bond acceptors (Lipinski definition) is 8. The number of hydrogen-bond donors (Lipinski definition) is 1. The number of nitrogens with zero attached hydrogens (tertiary/aromatic N) is 2. The largest absolute Gasteiger partial charge is 0.466 e. The zero-order valence-electron chi connectivity index (χ0n) is 17.9. The second-order valence-corrected chi connectivity index (χ2v) is 11.3. The molecule has 0 saturated carbocycles.